The maximum Gasteiger partial charge on any atom is 0.250 e. The Labute approximate surface area is 216 Å². The Balaban J connectivity index is 1.15. The molecule has 9 heteroatoms. The molecule has 4 rings (SSSR count). The molecule has 2 heterocycles. The molecular formula is C25H30Cl3N3O3. The van der Waals surface area contributed by atoms with Crippen molar-refractivity contribution in [2.24, 2.45) is 0 Å². The van der Waals surface area contributed by atoms with Gasteiger partial charge in [-0.2, -0.15) is 0 Å². The lowest BCUT2D eigenvalue weighted by molar-refractivity contribution is -0.117. The van der Waals surface area contributed by atoms with Crippen LogP contribution >= 0.6 is 34.8 Å². The number of benzene rings is 1. The lowest BCUT2D eigenvalue weighted by Crippen LogP contribution is -2.57. The van der Waals surface area contributed by atoms with Crippen molar-refractivity contribution in [1.29, 1.82) is 0 Å². The number of amides is 1. The van der Waals surface area contributed by atoms with Gasteiger partial charge in [-0.05, 0) is 49.7 Å². The van der Waals surface area contributed by atoms with Gasteiger partial charge >= 0.3 is 0 Å². The molecule has 34 heavy (non-hydrogen) atoms. The van der Waals surface area contributed by atoms with E-state index in [1.165, 1.54) is 0 Å². The number of carbonyl (C=O) groups is 1. The summed E-state index contributed by atoms with van der Waals surface area (Å²) in [6.45, 7) is 5.62. The molecule has 1 N–H and O–H groups in total. The Morgan fingerprint density at radius 3 is 2.79 bits per heavy atom. The number of fused-ring (bicyclic) bond motifs is 1. The van der Waals surface area contributed by atoms with Crippen molar-refractivity contribution in [3.63, 3.8) is 0 Å². The highest BCUT2D eigenvalue weighted by molar-refractivity contribution is 6.39. The number of nitrogens with zero attached hydrogens (tertiary/aromatic N) is 2. The third-order valence-electron chi connectivity index (χ3n) is 6.50. The van der Waals surface area contributed by atoms with Crippen LogP contribution in [0.5, 0.6) is 5.75 Å². The highest BCUT2D eigenvalue weighted by Gasteiger charge is 2.44. The predicted octanol–water partition coefficient (Wildman–Crippen LogP) is 4.27. The van der Waals surface area contributed by atoms with Gasteiger partial charge in [-0.3, -0.25) is 9.69 Å². The number of halogens is 3. The minimum absolute atomic E-state index is 0.0878. The first kappa shape index (κ1) is 25.5. The van der Waals surface area contributed by atoms with Crippen molar-refractivity contribution in [1.82, 2.24) is 15.1 Å². The Morgan fingerprint density at radius 2 is 2.03 bits per heavy atom. The number of carbonyl (C=O) groups excluding carboxylic acids is 1. The van der Waals surface area contributed by atoms with Crippen molar-refractivity contribution >= 4 is 46.8 Å². The molecule has 1 aromatic carbocycles. The smallest absolute Gasteiger partial charge is 0.250 e. The second-order valence-electron chi connectivity index (χ2n) is 8.67. The maximum atomic E-state index is 12.5. The maximum absolute atomic E-state index is 12.5. The first-order valence-corrected chi connectivity index (χ1v) is 12.7. The lowest BCUT2D eigenvalue weighted by Gasteiger charge is -2.44. The summed E-state index contributed by atoms with van der Waals surface area (Å²) in [4.78, 5) is 17.3. The van der Waals surface area contributed by atoms with Gasteiger partial charge in [0, 0.05) is 50.4 Å². The van der Waals surface area contributed by atoms with Gasteiger partial charge < -0.3 is 19.7 Å². The monoisotopic (exact) mass is 525 g/mol. The second-order valence-corrected chi connectivity index (χ2v) is 10.1. The summed E-state index contributed by atoms with van der Waals surface area (Å²) in [5.41, 5.74) is 1.45. The standard InChI is InChI=1S/C25H30Cl3N3O3/c1-33-25(28)22(27)5-4-6-23(25)31-13-11-30(12-14-31)10-3-2-9-29-24(32)19-15-18-16-20(26)7-8-21(18)34-17-19/h4-8,15-16,23H,2-3,9-14,17H2,1H3,(H,29,32). The predicted molar refractivity (Wildman–Crippen MR) is 138 cm³/mol. The van der Waals surface area contributed by atoms with Crippen LogP contribution in [0.15, 0.2) is 47.0 Å². The van der Waals surface area contributed by atoms with E-state index in [1.807, 2.05) is 18.2 Å². The van der Waals surface area contributed by atoms with Gasteiger partial charge in [-0.1, -0.05) is 47.0 Å². The molecule has 6 nitrogen and oxygen atoms in total. The molecule has 1 amide bonds. The zero-order valence-corrected chi connectivity index (χ0v) is 21.5. The number of ether oxygens (including phenoxy) is 2. The van der Waals surface area contributed by atoms with E-state index in [-0.39, 0.29) is 18.6 Å². The molecule has 184 valence electrons. The fraction of sp³-hybridized carbons (Fsp3) is 0.480. The molecule has 0 bridgehead atoms. The molecule has 2 unspecified atom stereocenters. The van der Waals surface area contributed by atoms with E-state index in [0.29, 0.717) is 22.2 Å². The minimum atomic E-state index is -1.02. The van der Waals surface area contributed by atoms with Crippen LogP contribution in [0.1, 0.15) is 18.4 Å². The molecule has 0 radical (unpaired) electrons. The normalized spacial score (nSPS) is 25.2. The highest BCUT2D eigenvalue weighted by Crippen LogP contribution is 2.39. The Morgan fingerprint density at radius 1 is 1.24 bits per heavy atom. The average molecular weight is 527 g/mol. The Hall–Kier alpha value is -1.54. The van der Waals surface area contributed by atoms with Crippen molar-refractivity contribution < 1.29 is 14.3 Å². The third kappa shape index (κ3) is 5.81. The molecule has 0 aromatic heterocycles. The number of rotatable bonds is 8. The zero-order valence-electron chi connectivity index (χ0n) is 19.2. The molecule has 3 aliphatic rings. The van der Waals surface area contributed by atoms with Gasteiger partial charge in [-0.15, -0.1) is 0 Å². The molecule has 0 saturated carbocycles. The number of methoxy groups -OCH3 is 1. The van der Waals surface area contributed by atoms with E-state index in [0.717, 1.165) is 56.9 Å². The molecule has 1 fully saturated rings. The number of nitrogens with one attached hydrogen (secondary N) is 1. The van der Waals surface area contributed by atoms with E-state index >= 15 is 0 Å². The Bertz CT molecular complexity index is 989. The van der Waals surface area contributed by atoms with Crippen LogP contribution in [0.3, 0.4) is 0 Å². The average Bonchev–Trinajstić information content (AvgIpc) is 2.85. The summed E-state index contributed by atoms with van der Waals surface area (Å²) in [6.07, 6.45) is 9.57. The molecule has 1 aliphatic carbocycles. The minimum Gasteiger partial charge on any atom is -0.488 e. The van der Waals surface area contributed by atoms with Gasteiger partial charge in [0.05, 0.1) is 16.6 Å². The lowest BCUT2D eigenvalue weighted by atomic mass is 10.0. The topological polar surface area (TPSA) is 54.0 Å². The van der Waals surface area contributed by atoms with E-state index in [9.17, 15) is 4.79 Å². The van der Waals surface area contributed by atoms with Crippen LogP contribution in [-0.2, 0) is 9.53 Å². The van der Waals surface area contributed by atoms with E-state index in [1.54, 1.807) is 25.3 Å². The molecule has 2 atom stereocenters. The number of hydrogen-bond acceptors (Lipinski definition) is 5. The Kier molecular flexibility index (Phi) is 8.61. The van der Waals surface area contributed by atoms with Crippen LogP contribution in [0.2, 0.25) is 5.02 Å². The van der Waals surface area contributed by atoms with Crippen LogP contribution in [-0.4, -0.2) is 79.8 Å². The van der Waals surface area contributed by atoms with Crippen LogP contribution in [0.25, 0.3) is 6.08 Å². The summed E-state index contributed by atoms with van der Waals surface area (Å²) in [7, 11) is 1.59. The summed E-state index contributed by atoms with van der Waals surface area (Å²) in [5.74, 6) is 0.661. The molecule has 1 saturated heterocycles. The number of alkyl halides is 1. The molecule has 2 aliphatic heterocycles. The zero-order chi connectivity index (χ0) is 24.1. The van der Waals surface area contributed by atoms with Gasteiger partial charge in [0.1, 0.15) is 12.4 Å². The van der Waals surface area contributed by atoms with Crippen molar-refractivity contribution in [2.75, 3.05) is 53.0 Å². The largest absolute Gasteiger partial charge is 0.488 e. The fourth-order valence-electron chi connectivity index (χ4n) is 4.52. The fourth-order valence-corrected chi connectivity index (χ4v) is 5.24. The highest BCUT2D eigenvalue weighted by atomic mass is 35.5. The molecular weight excluding hydrogens is 497 g/mol. The second kappa shape index (κ2) is 11.5. The number of hydrogen-bond donors (Lipinski definition) is 1. The van der Waals surface area contributed by atoms with Gasteiger partial charge in [0.25, 0.3) is 5.91 Å². The quantitative estimate of drug-likeness (QED) is 0.405. The summed E-state index contributed by atoms with van der Waals surface area (Å²) >= 11 is 19.1. The molecule has 1 aromatic rings. The summed E-state index contributed by atoms with van der Waals surface area (Å²) < 4.78 is 11.2. The van der Waals surface area contributed by atoms with Crippen LogP contribution in [0, 0.1) is 0 Å². The van der Waals surface area contributed by atoms with Crippen molar-refractivity contribution in [2.45, 2.75) is 23.9 Å². The first-order chi connectivity index (χ1) is 16.4. The van der Waals surface area contributed by atoms with Gasteiger partial charge in [0.2, 0.25) is 0 Å². The number of unbranched alkanes of at least 4 members (excludes halogenated alkanes) is 1. The summed E-state index contributed by atoms with van der Waals surface area (Å²) in [5, 5.41) is 3.11. The van der Waals surface area contributed by atoms with E-state index < -0.39 is 5.06 Å². The molecule has 0 spiro atoms. The van der Waals surface area contributed by atoms with E-state index in [2.05, 4.69) is 21.2 Å². The number of piperazine rings is 1. The van der Waals surface area contributed by atoms with E-state index in [4.69, 9.17) is 44.3 Å². The van der Waals surface area contributed by atoms with Crippen LogP contribution in [0.4, 0.5) is 0 Å². The van der Waals surface area contributed by atoms with Gasteiger partial charge in [0.15, 0.2) is 5.06 Å². The van der Waals surface area contributed by atoms with Crippen LogP contribution < -0.4 is 10.1 Å². The van der Waals surface area contributed by atoms with Crippen molar-refractivity contribution in [3.8, 4) is 5.75 Å². The number of allylic oxidation sites excluding steroid dienone is 2. The summed E-state index contributed by atoms with van der Waals surface area (Å²) in [6, 6.07) is 5.32. The van der Waals surface area contributed by atoms with Gasteiger partial charge in [-0.25, -0.2) is 0 Å². The SMILES string of the molecule is COC1(Cl)C(Cl)=CC=CC1N1CCN(CCCCNC(=O)C2=Cc3cc(Cl)ccc3OC2)CC1. The third-order valence-corrected chi connectivity index (χ3v) is 7.82. The van der Waals surface area contributed by atoms with Crippen molar-refractivity contribution in [3.05, 3.63) is 57.6 Å². The first-order valence-electron chi connectivity index (χ1n) is 11.6.